The first-order valence-electron chi connectivity index (χ1n) is 7.87. The van der Waals surface area contributed by atoms with E-state index in [0.717, 1.165) is 0 Å². The second kappa shape index (κ2) is 9.12. The van der Waals surface area contributed by atoms with Crippen molar-refractivity contribution in [3.63, 3.8) is 0 Å². The largest absolute Gasteiger partial charge is 0.494 e. The summed E-state index contributed by atoms with van der Waals surface area (Å²) >= 11 is 0. The Bertz CT molecular complexity index is 826. The number of rotatable bonds is 9. The Hall–Kier alpha value is -3.48. The van der Waals surface area contributed by atoms with Crippen molar-refractivity contribution in [1.82, 2.24) is 0 Å². The molecular formula is C19H17NO6. The number of ketones is 1. The number of carboxylic acids is 1. The summed E-state index contributed by atoms with van der Waals surface area (Å²) < 4.78 is 5.40. The Labute approximate surface area is 149 Å². The Morgan fingerprint density at radius 1 is 1.15 bits per heavy atom. The molecule has 0 atom stereocenters. The van der Waals surface area contributed by atoms with Crippen LogP contribution in [0.3, 0.4) is 0 Å². The van der Waals surface area contributed by atoms with Gasteiger partial charge in [-0.2, -0.15) is 0 Å². The van der Waals surface area contributed by atoms with Crippen molar-refractivity contribution in [2.24, 2.45) is 0 Å². The van der Waals surface area contributed by atoms with Gasteiger partial charge in [-0.25, -0.2) is 0 Å². The molecule has 134 valence electrons. The molecule has 0 heterocycles. The van der Waals surface area contributed by atoms with Crippen molar-refractivity contribution in [3.8, 4) is 5.75 Å². The summed E-state index contributed by atoms with van der Waals surface area (Å²) in [5, 5.41) is 19.3. The summed E-state index contributed by atoms with van der Waals surface area (Å²) in [6.07, 6.45) is 3.31. The molecule has 0 fully saturated rings. The number of nitrogens with zero attached hydrogens (tertiary/aromatic N) is 1. The van der Waals surface area contributed by atoms with Gasteiger partial charge in [0.25, 0.3) is 5.69 Å². The molecule has 0 amide bonds. The van der Waals surface area contributed by atoms with Gasteiger partial charge in [0.15, 0.2) is 5.78 Å². The van der Waals surface area contributed by atoms with E-state index in [1.165, 1.54) is 24.3 Å². The summed E-state index contributed by atoms with van der Waals surface area (Å²) in [6.45, 7) is 0.284. The van der Waals surface area contributed by atoms with Gasteiger partial charge >= 0.3 is 5.97 Å². The Morgan fingerprint density at radius 2 is 1.88 bits per heavy atom. The molecule has 7 heteroatoms. The lowest BCUT2D eigenvalue weighted by Crippen LogP contribution is -2.02. The first-order chi connectivity index (χ1) is 12.5. The molecule has 2 rings (SSSR count). The minimum atomic E-state index is -0.870. The molecule has 0 unspecified atom stereocenters. The Morgan fingerprint density at radius 3 is 2.54 bits per heavy atom. The number of hydrogen-bond acceptors (Lipinski definition) is 5. The quantitative estimate of drug-likeness (QED) is 0.241. The Balaban J connectivity index is 1.94. The van der Waals surface area contributed by atoms with Crippen LogP contribution in [0, 0.1) is 10.1 Å². The molecule has 0 aliphatic rings. The summed E-state index contributed by atoms with van der Waals surface area (Å²) in [7, 11) is 0. The zero-order valence-electron chi connectivity index (χ0n) is 13.8. The average Bonchev–Trinajstić information content (AvgIpc) is 2.64. The summed E-state index contributed by atoms with van der Waals surface area (Å²) in [5.74, 6) is -0.561. The zero-order valence-corrected chi connectivity index (χ0v) is 13.8. The number of nitro benzene ring substituents is 1. The highest BCUT2D eigenvalue weighted by molar-refractivity contribution is 6.06. The third-order valence-corrected chi connectivity index (χ3v) is 3.45. The van der Waals surface area contributed by atoms with E-state index in [0.29, 0.717) is 23.3 Å². The zero-order chi connectivity index (χ0) is 18.9. The molecule has 7 nitrogen and oxygen atoms in total. The van der Waals surface area contributed by atoms with Crippen LogP contribution >= 0.6 is 0 Å². The summed E-state index contributed by atoms with van der Waals surface area (Å²) in [4.78, 5) is 32.8. The van der Waals surface area contributed by atoms with Gasteiger partial charge in [-0.05, 0) is 42.3 Å². The van der Waals surface area contributed by atoms with E-state index in [-0.39, 0.29) is 24.5 Å². The van der Waals surface area contributed by atoms with Gasteiger partial charge in [-0.3, -0.25) is 19.7 Å². The molecule has 0 radical (unpaired) electrons. The van der Waals surface area contributed by atoms with E-state index >= 15 is 0 Å². The fourth-order valence-electron chi connectivity index (χ4n) is 2.14. The normalized spacial score (nSPS) is 10.6. The van der Waals surface area contributed by atoms with Crippen LogP contribution in [0.5, 0.6) is 5.75 Å². The van der Waals surface area contributed by atoms with E-state index in [4.69, 9.17) is 9.84 Å². The van der Waals surface area contributed by atoms with Crippen LogP contribution in [-0.2, 0) is 4.79 Å². The van der Waals surface area contributed by atoms with E-state index < -0.39 is 10.9 Å². The maximum absolute atomic E-state index is 12.2. The van der Waals surface area contributed by atoms with Crippen LogP contribution in [0.25, 0.3) is 6.08 Å². The maximum Gasteiger partial charge on any atom is 0.303 e. The highest BCUT2D eigenvalue weighted by atomic mass is 16.6. The van der Waals surface area contributed by atoms with Crippen LogP contribution in [0.15, 0.2) is 54.6 Å². The van der Waals surface area contributed by atoms with Crippen molar-refractivity contribution in [1.29, 1.82) is 0 Å². The monoisotopic (exact) mass is 355 g/mol. The summed E-state index contributed by atoms with van der Waals surface area (Å²) in [5.41, 5.74) is 0.972. The van der Waals surface area contributed by atoms with E-state index in [1.807, 2.05) is 0 Å². The lowest BCUT2D eigenvalue weighted by atomic mass is 10.1. The van der Waals surface area contributed by atoms with Gasteiger partial charge in [0, 0.05) is 24.1 Å². The van der Waals surface area contributed by atoms with Crippen molar-refractivity contribution in [2.45, 2.75) is 12.8 Å². The average molecular weight is 355 g/mol. The van der Waals surface area contributed by atoms with Gasteiger partial charge < -0.3 is 9.84 Å². The van der Waals surface area contributed by atoms with Gasteiger partial charge in [-0.15, -0.1) is 0 Å². The lowest BCUT2D eigenvalue weighted by Gasteiger charge is -2.05. The third kappa shape index (κ3) is 5.86. The van der Waals surface area contributed by atoms with Gasteiger partial charge in [0.1, 0.15) is 5.75 Å². The molecule has 1 N–H and O–H groups in total. The fourth-order valence-corrected chi connectivity index (χ4v) is 2.14. The smallest absolute Gasteiger partial charge is 0.303 e. The molecule has 2 aromatic rings. The van der Waals surface area contributed by atoms with Crippen molar-refractivity contribution >= 4 is 23.5 Å². The van der Waals surface area contributed by atoms with E-state index in [2.05, 4.69) is 0 Å². The second-order valence-corrected chi connectivity index (χ2v) is 5.42. The van der Waals surface area contributed by atoms with Crippen LogP contribution in [0.4, 0.5) is 5.69 Å². The number of benzene rings is 2. The molecule has 2 aromatic carbocycles. The van der Waals surface area contributed by atoms with Crippen LogP contribution in [0.1, 0.15) is 28.8 Å². The molecule has 0 aromatic heterocycles. The highest BCUT2D eigenvalue weighted by Gasteiger charge is 2.06. The maximum atomic E-state index is 12.2. The first kappa shape index (κ1) is 18.9. The van der Waals surface area contributed by atoms with Crippen molar-refractivity contribution in [3.05, 3.63) is 75.8 Å². The van der Waals surface area contributed by atoms with Gasteiger partial charge in [0.05, 0.1) is 11.5 Å². The van der Waals surface area contributed by atoms with E-state index in [9.17, 15) is 19.7 Å². The number of allylic oxidation sites excluding steroid dienone is 1. The minimum absolute atomic E-state index is 0.0380. The predicted molar refractivity (Wildman–Crippen MR) is 95.3 cm³/mol. The fraction of sp³-hybridized carbons (Fsp3) is 0.158. The molecule has 0 saturated carbocycles. The predicted octanol–water partition coefficient (Wildman–Crippen LogP) is 3.73. The van der Waals surface area contributed by atoms with Crippen LogP contribution in [0.2, 0.25) is 0 Å². The van der Waals surface area contributed by atoms with Gasteiger partial charge in [0.2, 0.25) is 0 Å². The number of ether oxygens (including phenoxy) is 1. The van der Waals surface area contributed by atoms with Gasteiger partial charge in [-0.1, -0.05) is 18.2 Å². The first-order valence-corrected chi connectivity index (χ1v) is 7.87. The number of non-ortho nitro benzene ring substituents is 1. The summed E-state index contributed by atoms with van der Waals surface area (Å²) in [6, 6.07) is 12.5. The number of nitro groups is 1. The topological polar surface area (TPSA) is 107 Å². The SMILES string of the molecule is O=C(O)CCCOc1ccc(C(=O)/C=C/c2cccc([N+](=O)[O-])c2)cc1. The van der Waals surface area contributed by atoms with Crippen LogP contribution in [-0.4, -0.2) is 28.4 Å². The molecule has 0 spiro atoms. The molecule has 26 heavy (non-hydrogen) atoms. The lowest BCUT2D eigenvalue weighted by molar-refractivity contribution is -0.384. The highest BCUT2D eigenvalue weighted by Crippen LogP contribution is 2.16. The molecular weight excluding hydrogens is 338 g/mol. The number of carboxylic acid groups (broad SMARTS) is 1. The van der Waals surface area contributed by atoms with Crippen molar-refractivity contribution in [2.75, 3.05) is 6.61 Å². The Kier molecular flexibility index (Phi) is 6.61. The van der Waals surface area contributed by atoms with Crippen molar-refractivity contribution < 1.29 is 24.4 Å². The number of carbonyl (C=O) groups excluding carboxylic acids is 1. The second-order valence-electron chi connectivity index (χ2n) is 5.42. The molecule has 0 aliphatic carbocycles. The molecule has 0 saturated heterocycles. The minimum Gasteiger partial charge on any atom is -0.494 e. The standard InChI is InChI=1S/C19H17NO6/c21-18(11-6-14-3-1-4-16(13-14)20(24)25)15-7-9-17(10-8-15)26-12-2-5-19(22)23/h1,3-4,6-11,13H,2,5,12H2,(H,22,23)/b11-6+. The molecule has 0 aliphatic heterocycles. The van der Waals surface area contributed by atoms with Crippen LogP contribution < -0.4 is 4.74 Å². The number of carbonyl (C=O) groups is 2. The third-order valence-electron chi connectivity index (χ3n) is 3.45. The number of hydrogen-bond donors (Lipinski definition) is 1. The number of aliphatic carboxylic acids is 1. The van der Waals surface area contributed by atoms with E-state index in [1.54, 1.807) is 36.4 Å². The molecule has 0 bridgehead atoms.